The first-order valence-corrected chi connectivity index (χ1v) is 10.1. The van der Waals surface area contributed by atoms with Crippen LogP contribution in [-0.2, 0) is 0 Å². The van der Waals surface area contributed by atoms with Crippen LogP contribution in [0.1, 0.15) is 61.3 Å². The van der Waals surface area contributed by atoms with Crippen molar-refractivity contribution in [3.63, 3.8) is 0 Å². The molecule has 154 valence electrons. The van der Waals surface area contributed by atoms with E-state index in [1.807, 2.05) is 19.1 Å². The maximum absolute atomic E-state index is 13.4. The SMILES string of the molecule is Cc1cc([C@@H](C)N2CC[C@@H](C)[C@H](c3cc(C(F)F)nc4ncnn34)C2)cc(Cl)n1. The molecule has 0 aliphatic carbocycles. The Hall–Kier alpha value is -2.19. The van der Waals surface area contributed by atoms with Crippen molar-refractivity contribution >= 4 is 17.4 Å². The van der Waals surface area contributed by atoms with E-state index in [1.54, 1.807) is 4.52 Å². The molecule has 0 amide bonds. The minimum absolute atomic E-state index is 0.0364. The second-order valence-corrected chi connectivity index (χ2v) is 8.17. The van der Waals surface area contributed by atoms with Gasteiger partial charge in [0, 0.05) is 24.2 Å². The second-order valence-electron chi connectivity index (χ2n) is 7.79. The van der Waals surface area contributed by atoms with E-state index in [1.165, 1.54) is 12.4 Å². The molecule has 0 saturated carbocycles. The summed E-state index contributed by atoms with van der Waals surface area (Å²) in [6.07, 6.45) is -0.335. The number of hydrogen-bond acceptors (Lipinski definition) is 5. The van der Waals surface area contributed by atoms with Crippen molar-refractivity contribution in [2.24, 2.45) is 5.92 Å². The van der Waals surface area contributed by atoms with Crippen LogP contribution >= 0.6 is 11.6 Å². The van der Waals surface area contributed by atoms with Crippen molar-refractivity contribution < 1.29 is 8.78 Å². The molecule has 6 nitrogen and oxygen atoms in total. The molecule has 1 fully saturated rings. The zero-order chi connectivity index (χ0) is 20.7. The first-order chi connectivity index (χ1) is 13.8. The average Bonchev–Trinajstić information content (AvgIpc) is 3.15. The van der Waals surface area contributed by atoms with E-state index in [9.17, 15) is 8.78 Å². The minimum atomic E-state index is -2.65. The molecule has 4 heterocycles. The molecule has 1 aliphatic heterocycles. The van der Waals surface area contributed by atoms with Gasteiger partial charge >= 0.3 is 0 Å². The van der Waals surface area contributed by atoms with Crippen LogP contribution in [0.3, 0.4) is 0 Å². The Morgan fingerprint density at radius 3 is 2.72 bits per heavy atom. The van der Waals surface area contributed by atoms with Gasteiger partial charge in [0.25, 0.3) is 12.2 Å². The molecule has 29 heavy (non-hydrogen) atoms. The molecule has 0 bridgehead atoms. The van der Waals surface area contributed by atoms with E-state index in [2.05, 4.69) is 38.8 Å². The van der Waals surface area contributed by atoms with Gasteiger partial charge in [-0.2, -0.15) is 10.1 Å². The van der Waals surface area contributed by atoms with Crippen molar-refractivity contribution in [2.75, 3.05) is 13.1 Å². The van der Waals surface area contributed by atoms with Gasteiger partial charge in [0.2, 0.25) is 0 Å². The van der Waals surface area contributed by atoms with Gasteiger partial charge < -0.3 is 0 Å². The van der Waals surface area contributed by atoms with Crippen molar-refractivity contribution in [1.82, 2.24) is 29.5 Å². The highest BCUT2D eigenvalue weighted by molar-refractivity contribution is 6.29. The minimum Gasteiger partial charge on any atom is -0.296 e. The molecule has 0 unspecified atom stereocenters. The molecule has 3 aromatic heterocycles. The third-order valence-corrected chi connectivity index (χ3v) is 6.06. The van der Waals surface area contributed by atoms with Crippen LogP contribution in [0.25, 0.3) is 5.78 Å². The van der Waals surface area contributed by atoms with E-state index in [4.69, 9.17) is 11.6 Å². The molecular weight excluding hydrogens is 398 g/mol. The van der Waals surface area contributed by atoms with Crippen molar-refractivity contribution in [1.29, 1.82) is 0 Å². The number of piperidine rings is 1. The molecule has 4 rings (SSSR count). The molecule has 3 aromatic rings. The summed E-state index contributed by atoms with van der Waals surface area (Å²) in [6, 6.07) is 5.55. The summed E-state index contributed by atoms with van der Waals surface area (Å²) >= 11 is 6.15. The number of pyridine rings is 1. The number of aromatic nitrogens is 5. The van der Waals surface area contributed by atoms with Crippen LogP contribution in [0.15, 0.2) is 24.5 Å². The van der Waals surface area contributed by atoms with Crippen molar-refractivity contribution in [2.45, 2.75) is 45.6 Å². The van der Waals surface area contributed by atoms with E-state index in [0.717, 1.165) is 36.5 Å². The highest BCUT2D eigenvalue weighted by atomic mass is 35.5. The fourth-order valence-corrected chi connectivity index (χ4v) is 4.43. The van der Waals surface area contributed by atoms with Crippen LogP contribution in [-0.4, -0.2) is 42.6 Å². The van der Waals surface area contributed by atoms with Gasteiger partial charge in [-0.3, -0.25) is 4.90 Å². The Bertz CT molecular complexity index is 1000. The fraction of sp³-hybridized carbons (Fsp3) is 0.500. The van der Waals surface area contributed by atoms with Crippen LogP contribution < -0.4 is 0 Å². The molecule has 0 N–H and O–H groups in total. The van der Waals surface area contributed by atoms with E-state index in [0.29, 0.717) is 11.1 Å². The van der Waals surface area contributed by atoms with Crippen LogP contribution in [0, 0.1) is 12.8 Å². The maximum Gasteiger partial charge on any atom is 0.280 e. The van der Waals surface area contributed by atoms with Crippen LogP contribution in [0.5, 0.6) is 0 Å². The summed E-state index contributed by atoms with van der Waals surface area (Å²) in [6.45, 7) is 7.87. The van der Waals surface area contributed by atoms with Crippen molar-refractivity contribution in [3.05, 3.63) is 52.3 Å². The van der Waals surface area contributed by atoms with E-state index in [-0.39, 0.29) is 23.4 Å². The largest absolute Gasteiger partial charge is 0.296 e. The molecule has 0 aromatic carbocycles. The summed E-state index contributed by atoms with van der Waals surface area (Å²) < 4.78 is 28.4. The molecule has 1 aliphatic rings. The Morgan fingerprint density at radius 2 is 2.00 bits per heavy atom. The number of nitrogens with zero attached hydrogens (tertiary/aromatic N) is 6. The van der Waals surface area contributed by atoms with Gasteiger partial charge in [0.15, 0.2) is 0 Å². The lowest BCUT2D eigenvalue weighted by molar-refractivity contribution is 0.123. The highest BCUT2D eigenvalue weighted by Gasteiger charge is 2.33. The van der Waals surface area contributed by atoms with Crippen LogP contribution in [0.2, 0.25) is 5.15 Å². The molecule has 0 spiro atoms. The van der Waals surface area contributed by atoms with Gasteiger partial charge in [0.1, 0.15) is 17.2 Å². The predicted molar refractivity (Wildman–Crippen MR) is 106 cm³/mol. The van der Waals surface area contributed by atoms with Gasteiger partial charge in [-0.1, -0.05) is 18.5 Å². The summed E-state index contributed by atoms with van der Waals surface area (Å²) in [5.41, 5.74) is 2.46. The van der Waals surface area contributed by atoms with E-state index >= 15 is 0 Å². The Morgan fingerprint density at radius 1 is 1.21 bits per heavy atom. The normalized spacial score (nSPS) is 21.8. The summed E-state index contributed by atoms with van der Waals surface area (Å²) in [5.74, 6) is 0.572. The lowest BCUT2D eigenvalue weighted by atomic mass is 9.83. The number of alkyl halides is 2. The Kier molecular flexibility index (Phi) is 5.48. The standard InChI is InChI=1S/C20H23ClF2N6/c1-11-4-5-28(13(3)14-6-12(2)26-18(21)7-14)9-15(11)17-8-16(19(22)23)27-20-24-10-25-29(17)20/h6-8,10-11,13,15,19H,4-5,9H2,1-3H3/t11-,13-,15-/m1/s1. The summed E-state index contributed by atoms with van der Waals surface area (Å²) in [5, 5.41) is 4.71. The maximum atomic E-state index is 13.4. The van der Waals surface area contributed by atoms with Crippen LogP contribution in [0.4, 0.5) is 8.78 Å². The second kappa shape index (κ2) is 7.91. The Labute approximate surface area is 172 Å². The molecule has 9 heteroatoms. The zero-order valence-corrected chi connectivity index (χ0v) is 17.3. The summed E-state index contributed by atoms with van der Waals surface area (Å²) in [4.78, 5) is 14.6. The smallest absolute Gasteiger partial charge is 0.280 e. The zero-order valence-electron chi connectivity index (χ0n) is 16.6. The monoisotopic (exact) mass is 420 g/mol. The molecule has 0 radical (unpaired) electrons. The number of fused-ring (bicyclic) bond motifs is 1. The molecular formula is C20H23ClF2N6. The van der Waals surface area contributed by atoms with Gasteiger partial charge in [-0.15, -0.1) is 0 Å². The number of likely N-dealkylation sites (tertiary alicyclic amines) is 1. The van der Waals surface area contributed by atoms with Gasteiger partial charge in [-0.05, 0) is 56.5 Å². The highest BCUT2D eigenvalue weighted by Crippen LogP contribution is 2.37. The first-order valence-electron chi connectivity index (χ1n) is 9.70. The quantitative estimate of drug-likeness (QED) is 0.577. The number of hydrogen-bond donors (Lipinski definition) is 0. The third-order valence-electron chi connectivity index (χ3n) is 5.87. The van der Waals surface area contributed by atoms with Gasteiger partial charge in [0.05, 0.1) is 5.69 Å². The lowest BCUT2D eigenvalue weighted by Gasteiger charge is -2.40. The number of rotatable bonds is 4. The lowest BCUT2D eigenvalue weighted by Crippen LogP contribution is -2.40. The average molecular weight is 421 g/mol. The summed E-state index contributed by atoms with van der Waals surface area (Å²) in [7, 11) is 0. The number of halogens is 3. The molecule has 1 saturated heterocycles. The third kappa shape index (κ3) is 3.96. The fourth-order valence-electron chi connectivity index (χ4n) is 4.17. The topological polar surface area (TPSA) is 59.2 Å². The predicted octanol–water partition coefficient (Wildman–Crippen LogP) is 4.61. The van der Waals surface area contributed by atoms with E-state index < -0.39 is 6.43 Å². The first kappa shape index (κ1) is 20.1. The number of aryl methyl sites for hydroxylation is 1. The molecule has 3 atom stereocenters. The van der Waals surface area contributed by atoms with Crippen molar-refractivity contribution in [3.8, 4) is 0 Å². The Balaban J connectivity index is 1.68. The van der Waals surface area contributed by atoms with Gasteiger partial charge in [-0.25, -0.2) is 23.3 Å².